The second kappa shape index (κ2) is 7.96. The molecule has 0 aliphatic rings. The van der Waals surface area contributed by atoms with E-state index in [1.807, 2.05) is 18.2 Å². The van der Waals surface area contributed by atoms with Crippen molar-refractivity contribution >= 4 is 23.5 Å². The Kier molecular flexibility index (Phi) is 5.98. The Balaban J connectivity index is 2.10. The third-order valence-electron chi connectivity index (χ3n) is 3.12. The summed E-state index contributed by atoms with van der Waals surface area (Å²) in [7, 11) is 0. The highest BCUT2D eigenvalue weighted by atomic mass is 32.2. The third kappa shape index (κ3) is 4.58. The molecule has 3 nitrogen and oxygen atoms in total. The minimum absolute atomic E-state index is 0.243. The first kappa shape index (κ1) is 16.5. The lowest BCUT2D eigenvalue weighted by atomic mass is 10.2. The lowest BCUT2D eigenvalue weighted by molar-refractivity contribution is 0.102. The Bertz CT molecular complexity index is 644. The summed E-state index contributed by atoms with van der Waals surface area (Å²) >= 11 is 1.62. The van der Waals surface area contributed by atoms with E-state index in [4.69, 9.17) is 0 Å². The third-order valence-corrected chi connectivity index (χ3v) is 4.36. The molecule has 0 saturated carbocycles. The molecule has 0 aromatic heterocycles. The van der Waals surface area contributed by atoms with Crippen molar-refractivity contribution in [1.29, 1.82) is 0 Å². The Morgan fingerprint density at radius 1 is 1.14 bits per heavy atom. The van der Waals surface area contributed by atoms with Gasteiger partial charge in [-0.05, 0) is 48.3 Å². The lowest BCUT2D eigenvalue weighted by Gasteiger charge is -2.16. The fraction of sp³-hybridized carbons (Fsp3) is 0.235. The van der Waals surface area contributed by atoms with Crippen LogP contribution in [0.3, 0.4) is 0 Å². The van der Waals surface area contributed by atoms with E-state index in [1.54, 1.807) is 30.1 Å². The Hall–Kier alpha value is -1.85. The number of carbonyl (C=O) groups excluding carboxylic acids is 1. The second-order valence-electron chi connectivity index (χ2n) is 4.70. The molecule has 0 spiro atoms. The monoisotopic (exact) mass is 318 g/mol. The van der Waals surface area contributed by atoms with Crippen LogP contribution in [0.25, 0.3) is 0 Å². The van der Waals surface area contributed by atoms with Gasteiger partial charge in [-0.1, -0.05) is 26.0 Å². The summed E-state index contributed by atoms with van der Waals surface area (Å²) in [5.41, 5.74) is 1.01. The molecule has 2 rings (SSSR count). The molecule has 22 heavy (non-hydrogen) atoms. The Morgan fingerprint density at radius 3 is 2.55 bits per heavy atom. The molecule has 0 heterocycles. The Morgan fingerprint density at radius 2 is 1.86 bits per heavy atom. The number of hydrogen-bond acceptors (Lipinski definition) is 3. The van der Waals surface area contributed by atoms with Crippen molar-refractivity contribution in [2.45, 2.75) is 18.7 Å². The van der Waals surface area contributed by atoms with Crippen molar-refractivity contribution in [2.24, 2.45) is 0 Å². The van der Waals surface area contributed by atoms with E-state index in [2.05, 4.69) is 23.5 Å². The number of benzene rings is 2. The van der Waals surface area contributed by atoms with Gasteiger partial charge in [-0.3, -0.25) is 4.79 Å². The SMILES string of the molecule is CCN(CC)Sc1cccc(C(=O)Nc2cccc(F)c2)c1. The van der Waals surface area contributed by atoms with Crippen molar-refractivity contribution in [3.05, 3.63) is 59.9 Å². The van der Waals surface area contributed by atoms with Crippen molar-refractivity contribution in [2.75, 3.05) is 18.4 Å². The number of amides is 1. The van der Waals surface area contributed by atoms with E-state index < -0.39 is 0 Å². The molecule has 5 heteroatoms. The van der Waals surface area contributed by atoms with E-state index in [9.17, 15) is 9.18 Å². The molecule has 2 aromatic rings. The first-order valence-corrected chi connectivity index (χ1v) is 7.99. The fourth-order valence-electron chi connectivity index (χ4n) is 1.97. The van der Waals surface area contributed by atoms with Crippen molar-refractivity contribution in [3.63, 3.8) is 0 Å². The first-order chi connectivity index (χ1) is 10.6. The number of nitrogens with one attached hydrogen (secondary N) is 1. The van der Waals surface area contributed by atoms with Gasteiger partial charge in [0.05, 0.1) is 0 Å². The maximum atomic E-state index is 13.1. The highest BCUT2D eigenvalue weighted by Crippen LogP contribution is 2.23. The van der Waals surface area contributed by atoms with E-state index in [-0.39, 0.29) is 11.7 Å². The summed E-state index contributed by atoms with van der Waals surface area (Å²) in [6.45, 7) is 6.05. The van der Waals surface area contributed by atoms with Gasteiger partial charge in [-0.2, -0.15) is 0 Å². The quantitative estimate of drug-likeness (QED) is 0.800. The fourth-order valence-corrected chi connectivity index (χ4v) is 2.84. The molecule has 0 atom stereocenters. The predicted octanol–water partition coefficient (Wildman–Crippen LogP) is 4.43. The smallest absolute Gasteiger partial charge is 0.255 e. The highest BCUT2D eigenvalue weighted by Gasteiger charge is 2.09. The minimum atomic E-state index is -0.372. The number of carbonyl (C=O) groups is 1. The van der Waals surface area contributed by atoms with Crippen LogP contribution in [-0.4, -0.2) is 23.3 Å². The zero-order chi connectivity index (χ0) is 15.9. The van der Waals surface area contributed by atoms with Crippen LogP contribution >= 0.6 is 11.9 Å². The second-order valence-corrected chi connectivity index (χ2v) is 5.87. The van der Waals surface area contributed by atoms with Crippen LogP contribution in [0, 0.1) is 5.82 Å². The van der Waals surface area contributed by atoms with Gasteiger partial charge in [0.15, 0.2) is 0 Å². The minimum Gasteiger partial charge on any atom is -0.322 e. The molecule has 2 aromatic carbocycles. The van der Waals surface area contributed by atoms with Gasteiger partial charge in [0, 0.05) is 29.2 Å². The van der Waals surface area contributed by atoms with Gasteiger partial charge < -0.3 is 5.32 Å². The number of hydrogen-bond donors (Lipinski definition) is 1. The Labute approximate surface area is 134 Å². The average molecular weight is 318 g/mol. The van der Waals surface area contributed by atoms with Gasteiger partial charge in [-0.25, -0.2) is 8.70 Å². The molecule has 0 saturated heterocycles. The van der Waals surface area contributed by atoms with Gasteiger partial charge in [0.2, 0.25) is 0 Å². The summed E-state index contributed by atoms with van der Waals surface area (Å²) in [5, 5.41) is 2.71. The number of halogens is 1. The van der Waals surface area contributed by atoms with Crippen LogP contribution in [0.15, 0.2) is 53.4 Å². The van der Waals surface area contributed by atoms with Gasteiger partial charge in [-0.15, -0.1) is 0 Å². The molecule has 1 amide bonds. The van der Waals surface area contributed by atoms with Crippen LogP contribution in [0.1, 0.15) is 24.2 Å². The normalized spacial score (nSPS) is 10.7. The largest absolute Gasteiger partial charge is 0.322 e. The number of rotatable bonds is 6. The number of nitrogens with zero attached hydrogens (tertiary/aromatic N) is 1. The maximum Gasteiger partial charge on any atom is 0.255 e. The van der Waals surface area contributed by atoms with E-state index in [0.29, 0.717) is 11.3 Å². The topological polar surface area (TPSA) is 32.3 Å². The summed E-state index contributed by atoms with van der Waals surface area (Å²) in [6, 6.07) is 13.3. The molecule has 0 bridgehead atoms. The predicted molar refractivity (Wildman–Crippen MR) is 89.6 cm³/mol. The standard InChI is InChI=1S/C17H19FN2OS/c1-3-20(4-2)22-16-10-5-7-13(11-16)17(21)19-15-9-6-8-14(18)12-15/h5-12H,3-4H2,1-2H3,(H,19,21). The molecule has 0 unspecified atom stereocenters. The van der Waals surface area contributed by atoms with Crippen LogP contribution < -0.4 is 5.32 Å². The average Bonchev–Trinajstić information content (AvgIpc) is 2.53. The first-order valence-electron chi connectivity index (χ1n) is 7.22. The molecule has 116 valence electrons. The van der Waals surface area contributed by atoms with Crippen LogP contribution in [0.5, 0.6) is 0 Å². The zero-order valence-corrected chi connectivity index (χ0v) is 13.5. The van der Waals surface area contributed by atoms with E-state index in [1.165, 1.54) is 12.1 Å². The van der Waals surface area contributed by atoms with E-state index >= 15 is 0 Å². The number of anilines is 1. The van der Waals surface area contributed by atoms with Gasteiger partial charge in [0.1, 0.15) is 5.82 Å². The van der Waals surface area contributed by atoms with Crippen LogP contribution in [0.2, 0.25) is 0 Å². The highest BCUT2D eigenvalue weighted by molar-refractivity contribution is 7.97. The molecule has 0 radical (unpaired) electrons. The van der Waals surface area contributed by atoms with Gasteiger partial charge >= 0.3 is 0 Å². The molecular weight excluding hydrogens is 299 g/mol. The maximum absolute atomic E-state index is 13.1. The van der Waals surface area contributed by atoms with E-state index in [0.717, 1.165) is 18.0 Å². The van der Waals surface area contributed by atoms with Crippen molar-refractivity contribution in [1.82, 2.24) is 4.31 Å². The van der Waals surface area contributed by atoms with Gasteiger partial charge in [0.25, 0.3) is 5.91 Å². The molecule has 1 N–H and O–H groups in total. The molecule has 0 aliphatic carbocycles. The summed E-state index contributed by atoms with van der Waals surface area (Å²) in [6.07, 6.45) is 0. The van der Waals surface area contributed by atoms with Crippen molar-refractivity contribution < 1.29 is 9.18 Å². The molecule has 0 fully saturated rings. The molecular formula is C17H19FN2OS. The zero-order valence-electron chi connectivity index (χ0n) is 12.7. The summed E-state index contributed by atoms with van der Waals surface area (Å²) in [4.78, 5) is 13.3. The summed E-state index contributed by atoms with van der Waals surface area (Å²) in [5.74, 6) is -0.615. The van der Waals surface area contributed by atoms with Crippen LogP contribution in [0.4, 0.5) is 10.1 Å². The van der Waals surface area contributed by atoms with Crippen LogP contribution in [-0.2, 0) is 0 Å². The lowest BCUT2D eigenvalue weighted by Crippen LogP contribution is -2.14. The molecule has 0 aliphatic heterocycles. The summed E-state index contributed by atoms with van der Waals surface area (Å²) < 4.78 is 15.3. The van der Waals surface area contributed by atoms with Crippen molar-refractivity contribution in [3.8, 4) is 0 Å².